The number of carbonyl (C=O) groups is 1. The van der Waals surface area contributed by atoms with E-state index in [1.54, 1.807) is 19.1 Å². The Labute approximate surface area is 150 Å². The van der Waals surface area contributed by atoms with Crippen LogP contribution in [-0.4, -0.2) is 41.7 Å². The Balaban J connectivity index is 1.92. The number of amides is 1. The SMILES string of the molecule is Cc1ccc(CN(C(=O)c2cccc([N+](=O)[O-])c2)C2CCS(=O)(=O)C2)o1. The van der Waals surface area contributed by atoms with Gasteiger partial charge in [-0.2, -0.15) is 0 Å². The molecule has 1 unspecified atom stereocenters. The van der Waals surface area contributed by atoms with E-state index in [4.69, 9.17) is 4.42 Å². The van der Waals surface area contributed by atoms with E-state index in [1.165, 1.54) is 29.2 Å². The van der Waals surface area contributed by atoms with Crippen molar-refractivity contribution in [2.24, 2.45) is 0 Å². The quantitative estimate of drug-likeness (QED) is 0.583. The van der Waals surface area contributed by atoms with Crippen LogP contribution in [0.4, 0.5) is 5.69 Å². The van der Waals surface area contributed by atoms with Gasteiger partial charge in [0.2, 0.25) is 0 Å². The normalized spacial score (nSPS) is 18.6. The average Bonchev–Trinajstić information content (AvgIpc) is 3.17. The molecule has 1 aliphatic heterocycles. The second-order valence-electron chi connectivity index (χ2n) is 6.31. The lowest BCUT2D eigenvalue weighted by Gasteiger charge is -2.27. The van der Waals surface area contributed by atoms with Crippen molar-refractivity contribution in [1.82, 2.24) is 4.90 Å². The number of benzene rings is 1. The molecule has 1 amide bonds. The standard InChI is InChI=1S/C17H18N2O6S/c1-12-5-6-16(25-12)10-18(15-7-8-26(23,24)11-15)17(20)13-3-2-4-14(9-13)19(21)22/h2-6,9,15H,7-8,10-11H2,1H3. The topological polar surface area (TPSA) is 111 Å². The summed E-state index contributed by atoms with van der Waals surface area (Å²) in [4.78, 5) is 24.8. The maximum atomic E-state index is 13.0. The fraction of sp³-hybridized carbons (Fsp3) is 0.353. The summed E-state index contributed by atoms with van der Waals surface area (Å²) in [5.41, 5.74) is -0.0459. The van der Waals surface area contributed by atoms with Gasteiger partial charge < -0.3 is 9.32 Å². The molecule has 0 aliphatic carbocycles. The van der Waals surface area contributed by atoms with Crippen molar-refractivity contribution < 1.29 is 22.6 Å². The zero-order valence-electron chi connectivity index (χ0n) is 14.1. The third kappa shape index (κ3) is 3.93. The Kier molecular flexibility index (Phi) is 4.82. The van der Waals surface area contributed by atoms with Crippen LogP contribution in [0.3, 0.4) is 0 Å². The Bertz CT molecular complexity index is 950. The van der Waals surface area contributed by atoms with Crippen LogP contribution in [0.25, 0.3) is 0 Å². The molecule has 1 fully saturated rings. The zero-order chi connectivity index (χ0) is 18.9. The molecule has 0 bridgehead atoms. The van der Waals surface area contributed by atoms with E-state index in [2.05, 4.69) is 0 Å². The van der Waals surface area contributed by atoms with Gasteiger partial charge in [0.05, 0.1) is 23.0 Å². The molecule has 9 heteroatoms. The molecule has 0 spiro atoms. The molecule has 26 heavy (non-hydrogen) atoms. The number of nitrogens with zero attached hydrogens (tertiary/aromatic N) is 2. The van der Waals surface area contributed by atoms with Crippen LogP contribution in [-0.2, 0) is 16.4 Å². The summed E-state index contributed by atoms with van der Waals surface area (Å²) < 4.78 is 29.2. The fourth-order valence-electron chi connectivity index (χ4n) is 3.04. The van der Waals surface area contributed by atoms with E-state index < -0.39 is 26.7 Å². The summed E-state index contributed by atoms with van der Waals surface area (Å²) in [6, 6.07) is 8.43. The molecule has 1 aromatic carbocycles. The van der Waals surface area contributed by atoms with E-state index in [-0.39, 0.29) is 29.3 Å². The molecule has 2 heterocycles. The molecule has 1 aliphatic rings. The molecule has 8 nitrogen and oxygen atoms in total. The number of nitro groups is 1. The highest BCUT2D eigenvalue weighted by Gasteiger charge is 2.35. The first-order valence-electron chi connectivity index (χ1n) is 8.06. The van der Waals surface area contributed by atoms with Gasteiger partial charge in [0, 0.05) is 23.7 Å². The molecule has 0 radical (unpaired) electrons. The minimum atomic E-state index is -3.20. The number of carbonyl (C=O) groups excluding carboxylic acids is 1. The number of sulfone groups is 1. The van der Waals surface area contributed by atoms with Crippen molar-refractivity contribution in [3.63, 3.8) is 0 Å². The van der Waals surface area contributed by atoms with Gasteiger partial charge in [-0.05, 0) is 31.5 Å². The Hall–Kier alpha value is -2.68. The fourth-order valence-corrected chi connectivity index (χ4v) is 4.77. The van der Waals surface area contributed by atoms with E-state index in [9.17, 15) is 23.3 Å². The third-order valence-corrected chi connectivity index (χ3v) is 6.09. The van der Waals surface area contributed by atoms with Gasteiger partial charge in [-0.1, -0.05) is 6.07 Å². The molecular weight excluding hydrogens is 360 g/mol. The molecule has 1 atom stereocenters. The summed E-state index contributed by atoms with van der Waals surface area (Å²) in [7, 11) is -3.20. The van der Waals surface area contributed by atoms with E-state index >= 15 is 0 Å². The molecule has 0 saturated carbocycles. The zero-order valence-corrected chi connectivity index (χ0v) is 14.9. The first kappa shape index (κ1) is 18.1. The monoisotopic (exact) mass is 378 g/mol. The largest absolute Gasteiger partial charge is 0.464 e. The van der Waals surface area contributed by atoms with Gasteiger partial charge in [-0.25, -0.2) is 8.42 Å². The van der Waals surface area contributed by atoms with Gasteiger partial charge >= 0.3 is 0 Å². The number of aryl methyl sites for hydroxylation is 1. The first-order chi connectivity index (χ1) is 12.2. The number of rotatable bonds is 5. The lowest BCUT2D eigenvalue weighted by Crippen LogP contribution is -2.40. The maximum Gasteiger partial charge on any atom is 0.270 e. The Morgan fingerprint density at radius 1 is 1.35 bits per heavy atom. The van der Waals surface area contributed by atoms with Crippen LogP contribution < -0.4 is 0 Å². The van der Waals surface area contributed by atoms with Gasteiger partial charge in [0.1, 0.15) is 11.5 Å². The predicted molar refractivity (Wildman–Crippen MR) is 93.5 cm³/mol. The minimum absolute atomic E-state index is 0.0214. The van der Waals surface area contributed by atoms with Crippen molar-refractivity contribution in [2.75, 3.05) is 11.5 Å². The smallest absolute Gasteiger partial charge is 0.270 e. The van der Waals surface area contributed by atoms with Crippen molar-refractivity contribution in [1.29, 1.82) is 0 Å². The third-order valence-electron chi connectivity index (χ3n) is 4.34. The van der Waals surface area contributed by atoms with Crippen molar-refractivity contribution in [3.05, 3.63) is 63.6 Å². The van der Waals surface area contributed by atoms with Crippen LogP contribution in [0.1, 0.15) is 28.3 Å². The maximum absolute atomic E-state index is 13.0. The minimum Gasteiger partial charge on any atom is -0.464 e. The molecule has 2 aromatic rings. The highest BCUT2D eigenvalue weighted by Crippen LogP contribution is 2.24. The second kappa shape index (κ2) is 6.91. The molecule has 1 aromatic heterocycles. The molecular formula is C17H18N2O6S. The number of non-ortho nitro benzene ring substituents is 1. The van der Waals surface area contributed by atoms with Gasteiger partial charge in [-0.15, -0.1) is 0 Å². The second-order valence-corrected chi connectivity index (χ2v) is 8.54. The van der Waals surface area contributed by atoms with E-state index in [0.29, 0.717) is 17.9 Å². The summed E-state index contributed by atoms with van der Waals surface area (Å²) in [5, 5.41) is 11.0. The van der Waals surface area contributed by atoms with E-state index in [1.807, 2.05) is 0 Å². The van der Waals surface area contributed by atoms with Crippen LogP contribution in [0.15, 0.2) is 40.8 Å². The number of hydrogen-bond acceptors (Lipinski definition) is 6. The van der Waals surface area contributed by atoms with Gasteiger partial charge in [0.15, 0.2) is 9.84 Å². The Morgan fingerprint density at radius 2 is 2.12 bits per heavy atom. The van der Waals surface area contributed by atoms with Crippen molar-refractivity contribution in [2.45, 2.75) is 25.9 Å². The van der Waals surface area contributed by atoms with E-state index in [0.717, 1.165) is 0 Å². The summed E-state index contributed by atoms with van der Waals surface area (Å²) in [6.07, 6.45) is 0.336. The lowest BCUT2D eigenvalue weighted by atomic mass is 10.1. The molecule has 0 N–H and O–H groups in total. The Morgan fingerprint density at radius 3 is 2.69 bits per heavy atom. The summed E-state index contributed by atoms with van der Waals surface area (Å²) in [6.45, 7) is 1.88. The van der Waals surface area contributed by atoms with Gasteiger partial charge in [0.25, 0.3) is 11.6 Å². The van der Waals surface area contributed by atoms with Crippen molar-refractivity contribution in [3.8, 4) is 0 Å². The van der Waals surface area contributed by atoms with Gasteiger partial charge in [-0.3, -0.25) is 14.9 Å². The number of furan rings is 1. The summed E-state index contributed by atoms with van der Waals surface area (Å²) >= 11 is 0. The van der Waals surface area contributed by atoms with Crippen LogP contribution in [0, 0.1) is 17.0 Å². The van der Waals surface area contributed by atoms with Crippen molar-refractivity contribution >= 4 is 21.4 Å². The molecule has 3 rings (SSSR count). The van der Waals surface area contributed by atoms with Crippen LogP contribution in [0.5, 0.6) is 0 Å². The molecule has 138 valence electrons. The predicted octanol–water partition coefficient (Wildman–Crippen LogP) is 2.33. The summed E-state index contributed by atoms with van der Waals surface area (Å²) in [5.74, 6) is 0.665. The molecule has 1 saturated heterocycles. The number of nitro benzene ring substituents is 1. The lowest BCUT2D eigenvalue weighted by molar-refractivity contribution is -0.384. The highest BCUT2D eigenvalue weighted by atomic mass is 32.2. The number of hydrogen-bond donors (Lipinski definition) is 0. The van der Waals surface area contributed by atoms with Crippen LogP contribution >= 0.6 is 0 Å². The first-order valence-corrected chi connectivity index (χ1v) is 9.88. The van der Waals surface area contributed by atoms with Crippen LogP contribution in [0.2, 0.25) is 0 Å². The average molecular weight is 378 g/mol. The highest BCUT2D eigenvalue weighted by molar-refractivity contribution is 7.91.